The summed E-state index contributed by atoms with van der Waals surface area (Å²) < 4.78 is 26.7. The predicted molar refractivity (Wildman–Crippen MR) is 79.0 cm³/mol. The van der Waals surface area contributed by atoms with Crippen molar-refractivity contribution in [3.8, 4) is 0 Å². The second-order valence-corrected chi connectivity index (χ2v) is 5.21. The van der Waals surface area contributed by atoms with Gasteiger partial charge in [-0.3, -0.25) is 19.7 Å². The van der Waals surface area contributed by atoms with E-state index in [1.165, 1.54) is 24.0 Å². The van der Waals surface area contributed by atoms with Crippen molar-refractivity contribution >= 4 is 23.3 Å². The summed E-state index contributed by atoms with van der Waals surface area (Å²) in [6, 6.07) is 2.21. The molecular weight excluding hydrogens is 306 g/mol. The molecule has 1 aromatic rings. The largest absolute Gasteiger partial charge is 0.327 e. The molecule has 3 amide bonds. The lowest BCUT2D eigenvalue weighted by atomic mass is 10.1. The third kappa shape index (κ3) is 3.61. The first-order valence-corrected chi connectivity index (χ1v) is 7.11. The first-order valence-electron chi connectivity index (χ1n) is 7.11. The molecule has 1 aromatic carbocycles. The van der Waals surface area contributed by atoms with Gasteiger partial charge in [-0.1, -0.05) is 0 Å². The highest BCUT2D eigenvalue weighted by atomic mass is 19.1. The predicted octanol–water partition coefficient (Wildman–Crippen LogP) is 1.63. The van der Waals surface area contributed by atoms with Crippen LogP contribution in [0.1, 0.15) is 25.8 Å². The molecule has 0 saturated carbocycles. The molecule has 0 bridgehead atoms. The second-order valence-electron chi connectivity index (χ2n) is 5.21. The third-order valence-electron chi connectivity index (χ3n) is 3.64. The van der Waals surface area contributed by atoms with Crippen molar-refractivity contribution in [3.05, 3.63) is 41.5 Å². The van der Waals surface area contributed by atoms with Crippen LogP contribution in [0.25, 0.3) is 5.57 Å². The van der Waals surface area contributed by atoms with E-state index in [2.05, 4.69) is 5.32 Å². The number of rotatable bonds is 4. The zero-order valence-electron chi connectivity index (χ0n) is 12.7. The van der Waals surface area contributed by atoms with Gasteiger partial charge in [0.25, 0.3) is 0 Å². The molecule has 122 valence electrons. The molecule has 1 fully saturated rings. The van der Waals surface area contributed by atoms with Crippen LogP contribution in [-0.2, 0) is 14.4 Å². The van der Waals surface area contributed by atoms with E-state index in [-0.39, 0.29) is 18.5 Å². The fourth-order valence-corrected chi connectivity index (χ4v) is 2.48. The first-order chi connectivity index (χ1) is 10.8. The fourth-order valence-electron chi connectivity index (χ4n) is 2.48. The van der Waals surface area contributed by atoms with E-state index < -0.39 is 35.4 Å². The van der Waals surface area contributed by atoms with E-state index in [9.17, 15) is 23.2 Å². The maximum atomic E-state index is 13.7. The number of carbonyl (C=O) groups is 3. The molecule has 1 N–H and O–H groups in total. The van der Waals surface area contributed by atoms with Crippen molar-refractivity contribution in [2.24, 2.45) is 0 Å². The van der Waals surface area contributed by atoms with Crippen LogP contribution in [-0.4, -0.2) is 35.2 Å². The molecule has 7 heteroatoms. The number of amides is 3. The number of allylic oxidation sites excluding steroid dienone is 1. The zero-order valence-corrected chi connectivity index (χ0v) is 12.7. The Hall–Kier alpha value is -2.57. The fraction of sp³-hybridized carbons (Fsp3) is 0.312. The summed E-state index contributed by atoms with van der Waals surface area (Å²) in [5.74, 6) is -2.95. The van der Waals surface area contributed by atoms with Gasteiger partial charge in [0.15, 0.2) is 0 Å². The van der Waals surface area contributed by atoms with E-state index in [1.54, 1.807) is 6.92 Å². The zero-order chi connectivity index (χ0) is 17.1. The van der Waals surface area contributed by atoms with Gasteiger partial charge in [-0.15, -0.1) is 0 Å². The van der Waals surface area contributed by atoms with Gasteiger partial charge >= 0.3 is 0 Å². The smallest absolute Gasteiger partial charge is 0.249 e. The Balaban J connectivity index is 2.24. The van der Waals surface area contributed by atoms with Crippen LogP contribution < -0.4 is 5.32 Å². The minimum Gasteiger partial charge on any atom is -0.327 e. The molecule has 23 heavy (non-hydrogen) atoms. The molecule has 1 aliphatic rings. The Morgan fingerprint density at radius 3 is 2.61 bits per heavy atom. The number of benzene rings is 1. The molecule has 1 aliphatic heterocycles. The van der Waals surface area contributed by atoms with Crippen molar-refractivity contribution in [1.29, 1.82) is 0 Å². The van der Waals surface area contributed by atoms with Crippen LogP contribution in [0.2, 0.25) is 0 Å². The van der Waals surface area contributed by atoms with Crippen molar-refractivity contribution < 1.29 is 23.2 Å². The topological polar surface area (TPSA) is 66.5 Å². The summed E-state index contributed by atoms with van der Waals surface area (Å²) in [6.07, 6.45) is 1.09. The van der Waals surface area contributed by atoms with Gasteiger partial charge in [0, 0.05) is 24.3 Å². The number of imide groups is 1. The quantitative estimate of drug-likeness (QED) is 0.677. The Morgan fingerprint density at radius 1 is 1.39 bits per heavy atom. The maximum absolute atomic E-state index is 13.7. The Labute approximate surface area is 132 Å². The molecule has 1 unspecified atom stereocenters. The minimum absolute atomic E-state index is 0.0871. The van der Waals surface area contributed by atoms with Crippen LogP contribution in [0.4, 0.5) is 8.78 Å². The van der Waals surface area contributed by atoms with Crippen LogP contribution in [0.3, 0.4) is 0 Å². The molecule has 0 radical (unpaired) electrons. The molecule has 0 aliphatic carbocycles. The Morgan fingerprint density at radius 2 is 2.09 bits per heavy atom. The number of likely N-dealkylation sites (N-methyl/N-ethyl adjacent to an activating group) is 1. The number of halogens is 2. The van der Waals surface area contributed by atoms with Crippen LogP contribution >= 0.6 is 0 Å². The van der Waals surface area contributed by atoms with Gasteiger partial charge in [0.2, 0.25) is 17.7 Å². The third-order valence-corrected chi connectivity index (χ3v) is 3.64. The van der Waals surface area contributed by atoms with Gasteiger partial charge in [0.1, 0.15) is 17.7 Å². The number of hydrogen-bond donors (Lipinski definition) is 1. The van der Waals surface area contributed by atoms with Crippen molar-refractivity contribution in [3.63, 3.8) is 0 Å². The monoisotopic (exact) mass is 322 g/mol. The van der Waals surface area contributed by atoms with E-state index in [4.69, 9.17) is 0 Å². The highest BCUT2D eigenvalue weighted by Crippen LogP contribution is 2.20. The van der Waals surface area contributed by atoms with Gasteiger partial charge in [-0.2, -0.15) is 0 Å². The molecule has 5 nitrogen and oxygen atoms in total. The van der Waals surface area contributed by atoms with Crippen molar-refractivity contribution in [2.75, 3.05) is 6.54 Å². The molecule has 1 heterocycles. The van der Waals surface area contributed by atoms with Gasteiger partial charge < -0.3 is 4.90 Å². The van der Waals surface area contributed by atoms with Gasteiger partial charge in [-0.05, 0) is 31.6 Å². The maximum Gasteiger partial charge on any atom is 0.249 e. The van der Waals surface area contributed by atoms with Crippen LogP contribution in [0.15, 0.2) is 24.3 Å². The highest BCUT2D eigenvalue weighted by Gasteiger charge is 2.36. The SMILES string of the molecule is CCN(C(=O)/C=C(\C)c1ccc(F)cc1F)C1CC(=O)NC1=O. The summed E-state index contributed by atoms with van der Waals surface area (Å²) in [4.78, 5) is 36.5. The average molecular weight is 322 g/mol. The summed E-state index contributed by atoms with van der Waals surface area (Å²) in [5, 5.41) is 2.14. The Bertz CT molecular complexity index is 701. The molecular formula is C16H16F2N2O3. The lowest BCUT2D eigenvalue weighted by Gasteiger charge is -2.24. The van der Waals surface area contributed by atoms with E-state index in [0.717, 1.165) is 12.1 Å². The molecule has 2 rings (SSSR count). The number of hydrogen-bond acceptors (Lipinski definition) is 3. The minimum atomic E-state index is -0.859. The van der Waals surface area contributed by atoms with Gasteiger partial charge in [-0.25, -0.2) is 8.78 Å². The van der Waals surface area contributed by atoms with Crippen LogP contribution in [0.5, 0.6) is 0 Å². The van der Waals surface area contributed by atoms with Crippen molar-refractivity contribution in [2.45, 2.75) is 26.3 Å². The van der Waals surface area contributed by atoms with Crippen LogP contribution in [0, 0.1) is 11.6 Å². The van der Waals surface area contributed by atoms with E-state index >= 15 is 0 Å². The highest BCUT2D eigenvalue weighted by molar-refractivity contribution is 6.08. The second kappa shape index (κ2) is 6.68. The lowest BCUT2D eigenvalue weighted by molar-refractivity contribution is -0.135. The molecule has 0 spiro atoms. The Kier molecular flexibility index (Phi) is 4.88. The lowest BCUT2D eigenvalue weighted by Crippen LogP contribution is -2.43. The first kappa shape index (κ1) is 16.8. The molecule has 0 aromatic heterocycles. The molecule has 1 atom stereocenters. The number of carbonyl (C=O) groups excluding carboxylic acids is 3. The number of nitrogens with one attached hydrogen (secondary N) is 1. The summed E-state index contributed by atoms with van der Waals surface area (Å²) >= 11 is 0. The standard InChI is InChI=1S/C16H16F2N2O3/c1-3-20(13-8-14(21)19-16(13)23)15(22)6-9(2)11-5-4-10(17)7-12(11)18/h4-7,13H,3,8H2,1-2H3,(H,19,21,23)/b9-6+. The summed E-state index contributed by atoms with van der Waals surface area (Å²) in [6.45, 7) is 3.41. The van der Waals surface area contributed by atoms with Crippen molar-refractivity contribution in [1.82, 2.24) is 10.2 Å². The average Bonchev–Trinajstić information content (AvgIpc) is 2.78. The normalized spacial score (nSPS) is 18.1. The van der Waals surface area contributed by atoms with E-state index in [0.29, 0.717) is 5.57 Å². The molecule has 1 saturated heterocycles. The van der Waals surface area contributed by atoms with Gasteiger partial charge in [0.05, 0.1) is 6.42 Å². The number of nitrogens with zero attached hydrogens (tertiary/aromatic N) is 1. The summed E-state index contributed by atoms with van der Waals surface area (Å²) in [5.41, 5.74) is 0.401. The summed E-state index contributed by atoms with van der Waals surface area (Å²) in [7, 11) is 0. The van der Waals surface area contributed by atoms with E-state index in [1.807, 2.05) is 0 Å².